The van der Waals surface area contributed by atoms with Gasteiger partial charge < -0.3 is 5.32 Å². The van der Waals surface area contributed by atoms with Crippen LogP contribution >= 0.6 is 0 Å². The average molecular weight is 181 g/mol. The summed E-state index contributed by atoms with van der Waals surface area (Å²) in [7, 11) is 0. The Labute approximate surface area is 80.1 Å². The minimum absolute atomic E-state index is 0.127. The van der Waals surface area contributed by atoms with Gasteiger partial charge in [0.25, 0.3) is 0 Å². The third kappa shape index (κ3) is 1.04. The molecule has 0 aromatic carbocycles. The van der Waals surface area contributed by atoms with Crippen molar-refractivity contribution in [2.75, 3.05) is 0 Å². The lowest BCUT2D eigenvalue weighted by Gasteiger charge is -2.75. The Morgan fingerprint density at radius 2 is 1.69 bits per heavy atom. The zero-order chi connectivity index (χ0) is 9.91. The molecular weight excluding hydrogens is 162 g/mol. The van der Waals surface area contributed by atoms with Gasteiger partial charge in [0, 0.05) is 12.5 Å². The van der Waals surface area contributed by atoms with Gasteiger partial charge in [-0.05, 0) is 30.1 Å². The monoisotopic (exact) mass is 181 g/mol. The van der Waals surface area contributed by atoms with E-state index in [1.165, 1.54) is 19.3 Å². The van der Waals surface area contributed by atoms with Gasteiger partial charge in [0.1, 0.15) is 0 Å². The van der Waals surface area contributed by atoms with Crippen molar-refractivity contribution in [3.63, 3.8) is 0 Å². The molecule has 2 bridgehead atoms. The molecule has 3 saturated carbocycles. The molecule has 3 rings (SSSR count). The Kier molecular flexibility index (Phi) is 1.46. The second-order valence-electron chi connectivity index (χ2n) is 6.02. The number of hydrogen-bond acceptors (Lipinski definition) is 1. The number of hydrogen-bond donors (Lipinski definition) is 1. The number of amides is 1. The molecule has 0 atom stereocenters. The first-order chi connectivity index (χ1) is 5.79. The zero-order valence-corrected chi connectivity index (χ0v) is 9.03. The molecule has 3 aliphatic carbocycles. The summed E-state index contributed by atoms with van der Waals surface area (Å²) in [5.41, 5.74) is 1.15. The van der Waals surface area contributed by atoms with Gasteiger partial charge in [-0.15, -0.1) is 0 Å². The molecule has 3 aliphatic rings. The van der Waals surface area contributed by atoms with E-state index in [9.17, 15) is 4.79 Å². The van der Waals surface area contributed by atoms with E-state index in [0.717, 1.165) is 0 Å². The molecule has 0 unspecified atom stereocenters. The van der Waals surface area contributed by atoms with E-state index < -0.39 is 0 Å². The van der Waals surface area contributed by atoms with E-state index in [1.807, 2.05) is 0 Å². The molecule has 1 N–H and O–H groups in total. The van der Waals surface area contributed by atoms with E-state index in [4.69, 9.17) is 0 Å². The van der Waals surface area contributed by atoms with Crippen LogP contribution in [0.1, 0.15) is 47.0 Å². The molecule has 0 aromatic rings. The molecule has 3 fully saturated rings. The Morgan fingerprint density at radius 3 is 2.00 bits per heavy atom. The van der Waals surface area contributed by atoms with Crippen molar-refractivity contribution >= 4 is 5.91 Å². The standard InChI is InChI=1S/C11H19NO/c1-8(13)12-11-5-10(6-11,7-11)9(2,3)4/h5-7H2,1-4H3,(H,12,13). The largest absolute Gasteiger partial charge is 0.351 e. The first-order valence-corrected chi connectivity index (χ1v) is 5.08. The molecule has 0 spiro atoms. The van der Waals surface area contributed by atoms with Crippen molar-refractivity contribution < 1.29 is 4.79 Å². The van der Waals surface area contributed by atoms with Gasteiger partial charge in [0.05, 0.1) is 0 Å². The Bertz CT molecular complexity index is 242. The lowest BCUT2D eigenvalue weighted by Crippen LogP contribution is -2.77. The first kappa shape index (κ1) is 9.04. The molecule has 2 heteroatoms. The van der Waals surface area contributed by atoms with Crippen LogP contribution in [0.15, 0.2) is 0 Å². The lowest BCUT2D eigenvalue weighted by atomic mass is 9.33. The van der Waals surface area contributed by atoms with Gasteiger partial charge in [-0.2, -0.15) is 0 Å². The van der Waals surface area contributed by atoms with Crippen molar-refractivity contribution in [2.24, 2.45) is 10.8 Å². The molecule has 1 amide bonds. The van der Waals surface area contributed by atoms with Crippen LogP contribution in [0.4, 0.5) is 0 Å². The van der Waals surface area contributed by atoms with E-state index in [-0.39, 0.29) is 11.4 Å². The molecule has 0 heterocycles. The molecule has 0 aliphatic heterocycles. The Hall–Kier alpha value is -0.530. The Balaban J connectivity index is 1.97. The first-order valence-electron chi connectivity index (χ1n) is 5.08. The quantitative estimate of drug-likeness (QED) is 0.659. The Morgan fingerprint density at radius 1 is 1.23 bits per heavy atom. The van der Waals surface area contributed by atoms with E-state index in [0.29, 0.717) is 10.8 Å². The van der Waals surface area contributed by atoms with Crippen molar-refractivity contribution in [3.8, 4) is 0 Å². The summed E-state index contributed by atoms with van der Waals surface area (Å²) < 4.78 is 0. The molecule has 13 heavy (non-hydrogen) atoms. The van der Waals surface area contributed by atoms with Crippen LogP contribution in [0.5, 0.6) is 0 Å². The highest BCUT2D eigenvalue weighted by Crippen LogP contribution is 2.73. The molecule has 0 radical (unpaired) electrons. The van der Waals surface area contributed by atoms with Crippen molar-refractivity contribution in [1.29, 1.82) is 0 Å². The van der Waals surface area contributed by atoms with Crippen LogP contribution < -0.4 is 5.32 Å². The van der Waals surface area contributed by atoms with Gasteiger partial charge in [-0.3, -0.25) is 4.79 Å². The van der Waals surface area contributed by atoms with E-state index >= 15 is 0 Å². The van der Waals surface area contributed by atoms with Crippen molar-refractivity contribution in [2.45, 2.75) is 52.5 Å². The minimum atomic E-state index is 0.127. The van der Waals surface area contributed by atoms with Crippen LogP contribution in [0.3, 0.4) is 0 Å². The van der Waals surface area contributed by atoms with Crippen molar-refractivity contribution in [1.82, 2.24) is 5.32 Å². The number of nitrogens with one attached hydrogen (secondary N) is 1. The summed E-state index contributed by atoms with van der Waals surface area (Å²) in [5.74, 6) is 0.127. The second-order valence-corrected chi connectivity index (χ2v) is 6.02. The highest BCUT2D eigenvalue weighted by molar-refractivity contribution is 5.74. The normalized spacial score (nSPS) is 41.8. The number of carbonyl (C=O) groups is 1. The summed E-state index contributed by atoms with van der Waals surface area (Å²) in [5, 5.41) is 3.08. The summed E-state index contributed by atoms with van der Waals surface area (Å²) in [6.07, 6.45) is 3.59. The lowest BCUT2D eigenvalue weighted by molar-refractivity contribution is -0.216. The average Bonchev–Trinajstić information content (AvgIpc) is 1.70. The molecule has 0 saturated heterocycles. The predicted octanol–water partition coefficient (Wildman–Crippen LogP) is 2.09. The highest BCUT2D eigenvalue weighted by atomic mass is 16.1. The minimum Gasteiger partial charge on any atom is -0.351 e. The maximum absolute atomic E-state index is 10.9. The SMILES string of the molecule is CC(=O)NC12CC(C(C)(C)C)(C1)C2. The summed E-state index contributed by atoms with van der Waals surface area (Å²) in [6.45, 7) is 8.54. The van der Waals surface area contributed by atoms with Crippen LogP contribution in [-0.2, 0) is 4.79 Å². The topological polar surface area (TPSA) is 29.1 Å². The summed E-state index contributed by atoms with van der Waals surface area (Å²) in [6, 6.07) is 0. The van der Waals surface area contributed by atoms with Crippen LogP contribution in [0.2, 0.25) is 0 Å². The fourth-order valence-electron chi connectivity index (χ4n) is 3.09. The van der Waals surface area contributed by atoms with Crippen molar-refractivity contribution in [3.05, 3.63) is 0 Å². The fraction of sp³-hybridized carbons (Fsp3) is 0.909. The van der Waals surface area contributed by atoms with Gasteiger partial charge in [0.15, 0.2) is 0 Å². The summed E-state index contributed by atoms with van der Waals surface area (Å²) in [4.78, 5) is 10.9. The molecule has 2 nitrogen and oxygen atoms in total. The number of carbonyl (C=O) groups excluding carboxylic acids is 1. The smallest absolute Gasteiger partial charge is 0.217 e. The second kappa shape index (κ2) is 2.10. The predicted molar refractivity (Wildman–Crippen MR) is 52.3 cm³/mol. The molecular formula is C11H19NO. The van der Waals surface area contributed by atoms with Gasteiger partial charge in [-0.1, -0.05) is 20.8 Å². The summed E-state index contributed by atoms with van der Waals surface area (Å²) >= 11 is 0. The maximum atomic E-state index is 10.9. The van der Waals surface area contributed by atoms with Crippen LogP contribution in [0.25, 0.3) is 0 Å². The number of rotatable bonds is 1. The maximum Gasteiger partial charge on any atom is 0.217 e. The zero-order valence-electron chi connectivity index (χ0n) is 9.03. The van der Waals surface area contributed by atoms with Crippen LogP contribution in [-0.4, -0.2) is 11.4 Å². The fourth-order valence-corrected chi connectivity index (χ4v) is 3.09. The third-order valence-corrected chi connectivity index (χ3v) is 4.06. The molecule has 0 aromatic heterocycles. The van der Waals surface area contributed by atoms with E-state index in [2.05, 4.69) is 26.1 Å². The van der Waals surface area contributed by atoms with Crippen LogP contribution in [0, 0.1) is 10.8 Å². The van der Waals surface area contributed by atoms with Gasteiger partial charge in [-0.25, -0.2) is 0 Å². The van der Waals surface area contributed by atoms with E-state index in [1.54, 1.807) is 6.92 Å². The third-order valence-electron chi connectivity index (χ3n) is 4.06. The van der Waals surface area contributed by atoms with Gasteiger partial charge >= 0.3 is 0 Å². The highest BCUT2D eigenvalue weighted by Gasteiger charge is 2.71. The van der Waals surface area contributed by atoms with Gasteiger partial charge in [0.2, 0.25) is 5.91 Å². The molecule has 74 valence electrons.